The lowest BCUT2D eigenvalue weighted by Crippen LogP contribution is -2.40. The van der Waals surface area contributed by atoms with Crippen LogP contribution in [-0.4, -0.2) is 35.7 Å². The number of nitrogens with one attached hydrogen (secondary N) is 1. The van der Waals surface area contributed by atoms with E-state index in [1.807, 2.05) is 0 Å². The molecule has 3 amide bonds. The van der Waals surface area contributed by atoms with Gasteiger partial charge in [-0.15, -0.1) is 0 Å². The van der Waals surface area contributed by atoms with Gasteiger partial charge in [-0.1, -0.05) is 35.7 Å². The molecule has 0 spiro atoms. The number of unbranched alkanes of at least 4 members (excludes halogenated alkanes) is 2. The summed E-state index contributed by atoms with van der Waals surface area (Å²) < 4.78 is 0.730. The maximum Gasteiger partial charge on any atom is 0.262 e. The summed E-state index contributed by atoms with van der Waals surface area (Å²) in [5, 5.41) is 2.73. The predicted molar refractivity (Wildman–Crippen MR) is 82.0 cm³/mol. The molecule has 0 radical (unpaired) electrons. The fourth-order valence-corrected chi connectivity index (χ4v) is 2.57. The first-order valence-corrected chi connectivity index (χ1v) is 7.76. The minimum absolute atomic E-state index is 0.226. The van der Waals surface area contributed by atoms with Crippen molar-refractivity contribution in [1.29, 1.82) is 0 Å². The highest BCUT2D eigenvalue weighted by Crippen LogP contribution is 2.25. The summed E-state index contributed by atoms with van der Waals surface area (Å²) in [5.41, 5.74) is 0.690. The number of benzene rings is 1. The van der Waals surface area contributed by atoms with Gasteiger partial charge in [-0.05, 0) is 24.6 Å². The molecule has 1 aromatic rings. The van der Waals surface area contributed by atoms with E-state index in [-0.39, 0.29) is 12.5 Å². The highest BCUT2D eigenvalue weighted by atomic mass is 79.9. The van der Waals surface area contributed by atoms with Gasteiger partial charge in [-0.3, -0.25) is 19.3 Å². The van der Waals surface area contributed by atoms with Crippen molar-refractivity contribution in [2.45, 2.75) is 26.2 Å². The van der Waals surface area contributed by atoms with Crippen molar-refractivity contribution in [3.63, 3.8) is 0 Å². The van der Waals surface area contributed by atoms with Crippen molar-refractivity contribution in [3.05, 3.63) is 33.8 Å². The lowest BCUT2D eigenvalue weighted by molar-refractivity contribution is -0.121. The van der Waals surface area contributed by atoms with Crippen LogP contribution in [0.3, 0.4) is 0 Å². The van der Waals surface area contributed by atoms with Crippen LogP contribution in [0.5, 0.6) is 0 Å². The van der Waals surface area contributed by atoms with Crippen molar-refractivity contribution >= 4 is 33.7 Å². The van der Waals surface area contributed by atoms with Crippen molar-refractivity contribution in [1.82, 2.24) is 10.2 Å². The molecule has 1 heterocycles. The number of carbonyl (C=O) groups is 3. The Labute approximate surface area is 131 Å². The van der Waals surface area contributed by atoms with E-state index in [9.17, 15) is 14.4 Å². The number of amides is 3. The summed E-state index contributed by atoms with van der Waals surface area (Å²) in [6.07, 6.45) is 3.02. The topological polar surface area (TPSA) is 66.5 Å². The Bertz CT molecular complexity index is 586. The number of rotatable bonds is 6. The minimum atomic E-state index is -0.417. The fraction of sp³-hybridized carbons (Fsp3) is 0.400. The summed E-state index contributed by atoms with van der Waals surface area (Å²) >= 11 is 3.27. The van der Waals surface area contributed by atoms with Crippen molar-refractivity contribution in [2.75, 3.05) is 13.1 Å². The highest BCUT2D eigenvalue weighted by Gasteiger charge is 2.36. The van der Waals surface area contributed by atoms with Crippen LogP contribution in [0.2, 0.25) is 0 Å². The maximum absolute atomic E-state index is 12.2. The lowest BCUT2D eigenvalue weighted by atomic mass is 10.1. The minimum Gasteiger partial charge on any atom is -0.355 e. The van der Waals surface area contributed by atoms with Crippen LogP contribution < -0.4 is 5.32 Å². The first-order valence-electron chi connectivity index (χ1n) is 6.97. The molecular weight excluding hydrogens is 336 g/mol. The van der Waals surface area contributed by atoms with E-state index in [1.54, 1.807) is 18.2 Å². The van der Waals surface area contributed by atoms with Crippen molar-refractivity contribution in [2.24, 2.45) is 0 Å². The fourth-order valence-electron chi connectivity index (χ4n) is 2.21. The van der Waals surface area contributed by atoms with Gasteiger partial charge in [-0.2, -0.15) is 0 Å². The molecule has 0 saturated carbocycles. The molecule has 21 heavy (non-hydrogen) atoms. The molecule has 0 saturated heterocycles. The first kappa shape index (κ1) is 15.7. The third-order valence-corrected chi connectivity index (χ3v) is 3.83. The van der Waals surface area contributed by atoms with Crippen LogP contribution >= 0.6 is 15.9 Å². The van der Waals surface area contributed by atoms with E-state index < -0.39 is 11.8 Å². The van der Waals surface area contributed by atoms with Crippen molar-refractivity contribution in [3.8, 4) is 0 Å². The average Bonchev–Trinajstić information content (AvgIpc) is 2.68. The van der Waals surface area contributed by atoms with Gasteiger partial charge in [0.1, 0.15) is 6.54 Å². The predicted octanol–water partition coefficient (Wildman–Crippen LogP) is 2.35. The number of carbonyl (C=O) groups excluding carboxylic acids is 3. The number of hydrogen-bond donors (Lipinski definition) is 1. The summed E-state index contributed by atoms with van der Waals surface area (Å²) in [6.45, 7) is 2.43. The Morgan fingerprint density at radius 3 is 2.62 bits per heavy atom. The monoisotopic (exact) mass is 352 g/mol. The normalized spacial score (nSPS) is 13.5. The molecule has 0 atom stereocenters. The number of halogens is 1. The molecule has 0 bridgehead atoms. The second-order valence-corrected chi connectivity index (χ2v) is 5.86. The molecule has 0 aromatic heterocycles. The zero-order valence-electron chi connectivity index (χ0n) is 11.8. The molecule has 1 aliphatic rings. The quantitative estimate of drug-likeness (QED) is 0.631. The molecule has 1 aromatic carbocycles. The van der Waals surface area contributed by atoms with Crippen LogP contribution in [0, 0.1) is 0 Å². The summed E-state index contributed by atoms with van der Waals surface area (Å²) in [7, 11) is 0. The van der Waals surface area contributed by atoms with E-state index in [1.165, 1.54) is 0 Å². The molecular formula is C15H17BrN2O3. The second-order valence-electron chi connectivity index (χ2n) is 4.94. The summed E-state index contributed by atoms with van der Waals surface area (Å²) in [5.74, 6) is -1.13. The van der Waals surface area contributed by atoms with Crippen molar-refractivity contribution < 1.29 is 14.4 Å². The third-order valence-electron chi connectivity index (χ3n) is 3.34. The molecule has 1 aliphatic heterocycles. The molecule has 112 valence electrons. The SMILES string of the molecule is CCCCCNC(=O)CN1C(=O)c2ccc(Br)cc2C1=O. The molecule has 0 fully saturated rings. The van der Waals surface area contributed by atoms with Crippen LogP contribution in [-0.2, 0) is 4.79 Å². The Morgan fingerprint density at radius 2 is 1.90 bits per heavy atom. The number of nitrogens with zero attached hydrogens (tertiary/aromatic N) is 1. The second kappa shape index (κ2) is 6.85. The number of fused-ring (bicyclic) bond motifs is 1. The van der Waals surface area contributed by atoms with E-state index >= 15 is 0 Å². The van der Waals surface area contributed by atoms with E-state index in [0.717, 1.165) is 28.6 Å². The molecule has 1 N–H and O–H groups in total. The lowest BCUT2D eigenvalue weighted by Gasteiger charge is -2.13. The van der Waals surface area contributed by atoms with E-state index in [0.29, 0.717) is 17.7 Å². The van der Waals surface area contributed by atoms with Gasteiger partial charge in [-0.25, -0.2) is 0 Å². The van der Waals surface area contributed by atoms with Gasteiger partial charge in [0.05, 0.1) is 11.1 Å². The van der Waals surface area contributed by atoms with Gasteiger partial charge in [0, 0.05) is 11.0 Å². The molecule has 0 aliphatic carbocycles. The van der Waals surface area contributed by atoms with Gasteiger partial charge in [0.25, 0.3) is 11.8 Å². The van der Waals surface area contributed by atoms with E-state index in [4.69, 9.17) is 0 Å². The van der Waals surface area contributed by atoms with Crippen LogP contribution in [0.4, 0.5) is 0 Å². The third kappa shape index (κ3) is 3.50. The number of imide groups is 1. The van der Waals surface area contributed by atoms with E-state index in [2.05, 4.69) is 28.2 Å². The Balaban J connectivity index is 1.98. The van der Waals surface area contributed by atoms with Gasteiger partial charge in [0.2, 0.25) is 5.91 Å². The highest BCUT2D eigenvalue weighted by molar-refractivity contribution is 9.10. The molecule has 0 unspecified atom stereocenters. The number of hydrogen-bond acceptors (Lipinski definition) is 3. The van der Waals surface area contributed by atoms with Gasteiger partial charge >= 0.3 is 0 Å². The Kier molecular flexibility index (Phi) is 5.12. The molecule has 5 nitrogen and oxygen atoms in total. The average molecular weight is 353 g/mol. The largest absolute Gasteiger partial charge is 0.355 e. The zero-order valence-corrected chi connectivity index (χ0v) is 13.4. The Hall–Kier alpha value is -1.69. The summed E-state index contributed by atoms with van der Waals surface area (Å²) in [4.78, 5) is 37.1. The molecule has 2 rings (SSSR count). The van der Waals surface area contributed by atoms with Gasteiger partial charge < -0.3 is 5.32 Å². The smallest absolute Gasteiger partial charge is 0.262 e. The van der Waals surface area contributed by atoms with Gasteiger partial charge in [0.15, 0.2) is 0 Å². The zero-order chi connectivity index (χ0) is 15.4. The standard InChI is InChI=1S/C15H17BrN2O3/c1-2-3-4-7-17-13(19)9-18-14(20)11-6-5-10(16)8-12(11)15(18)21/h5-6,8H,2-4,7,9H2,1H3,(H,17,19). The Morgan fingerprint density at radius 1 is 1.19 bits per heavy atom. The van der Waals surface area contributed by atoms with Crippen LogP contribution in [0.15, 0.2) is 22.7 Å². The molecule has 6 heteroatoms. The van der Waals surface area contributed by atoms with Crippen LogP contribution in [0.25, 0.3) is 0 Å². The maximum atomic E-state index is 12.2. The first-order chi connectivity index (χ1) is 10.0. The van der Waals surface area contributed by atoms with Crippen LogP contribution in [0.1, 0.15) is 46.9 Å². The summed E-state index contributed by atoms with van der Waals surface area (Å²) in [6, 6.07) is 4.91.